The summed E-state index contributed by atoms with van der Waals surface area (Å²) in [6, 6.07) is 8.18. The van der Waals surface area contributed by atoms with Gasteiger partial charge < -0.3 is 5.11 Å². The maximum absolute atomic E-state index is 9.25. The van der Waals surface area contributed by atoms with E-state index in [0.29, 0.717) is 5.41 Å². The summed E-state index contributed by atoms with van der Waals surface area (Å²) in [5.41, 5.74) is 2.69. The van der Waals surface area contributed by atoms with E-state index in [1.165, 1.54) is 18.4 Å². The Balaban J connectivity index is 2.79. The van der Waals surface area contributed by atoms with Gasteiger partial charge in [-0.25, -0.2) is 0 Å². The number of aliphatic hydroxyl groups excluding tert-OH is 1. The Kier molecular flexibility index (Phi) is 4.34. The van der Waals surface area contributed by atoms with E-state index in [-0.39, 0.29) is 6.61 Å². The van der Waals surface area contributed by atoms with Crippen molar-refractivity contribution in [3.8, 4) is 0 Å². The first-order valence-corrected chi connectivity index (χ1v) is 5.76. The summed E-state index contributed by atoms with van der Waals surface area (Å²) in [6.07, 6.45) is 3.50. The molecular formula is C14H22O. The largest absolute Gasteiger partial charge is 0.392 e. The second kappa shape index (κ2) is 5.32. The molecule has 0 fully saturated rings. The van der Waals surface area contributed by atoms with Gasteiger partial charge in [-0.1, -0.05) is 51.5 Å². The van der Waals surface area contributed by atoms with Gasteiger partial charge in [-0.15, -0.1) is 0 Å². The highest BCUT2D eigenvalue weighted by atomic mass is 16.3. The second-order valence-electron chi connectivity index (χ2n) is 5.02. The molecule has 1 rings (SSSR count). The van der Waals surface area contributed by atoms with Gasteiger partial charge in [-0.05, 0) is 29.4 Å². The Morgan fingerprint density at radius 3 is 2.27 bits per heavy atom. The zero-order chi connectivity index (χ0) is 11.3. The third kappa shape index (κ3) is 3.67. The van der Waals surface area contributed by atoms with Crippen LogP contribution in [0.1, 0.15) is 44.7 Å². The van der Waals surface area contributed by atoms with Gasteiger partial charge >= 0.3 is 0 Å². The first-order chi connectivity index (χ1) is 7.09. The molecule has 15 heavy (non-hydrogen) atoms. The number of aliphatic hydroxyl groups is 1. The van der Waals surface area contributed by atoms with Crippen LogP contribution in [0.3, 0.4) is 0 Å². The molecule has 0 aliphatic heterocycles. The average Bonchev–Trinajstić information content (AvgIpc) is 2.17. The van der Waals surface area contributed by atoms with Gasteiger partial charge in [0.1, 0.15) is 0 Å². The van der Waals surface area contributed by atoms with E-state index in [4.69, 9.17) is 0 Å². The Bertz CT molecular complexity index is 302. The van der Waals surface area contributed by atoms with E-state index in [1.54, 1.807) is 0 Å². The minimum Gasteiger partial charge on any atom is -0.392 e. The smallest absolute Gasteiger partial charge is 0.0684 e. The molecule has 0 bridgehead atoms. The SMILES string of the molecule is CCCC(C)(C)Cc1ccccc1CO. The summed E-state index contributed by atoms with van der Waals surface area (Å²) in [7, 11) is 0. The van der Waals surface area contributed by atoms with E-state index in [2.05, 4.69) is 32.9 Å². The van der Waals surface area contributed by atoms with Crippen LogP contribution in [-0.2, 0) is 13.0 Å². The van der Waals surface area contributed by atoms with E-state index in [1.807, 2.05) is 12.1 Å². The van der Waals surface area contributed by atoms with Crippen molar-refractivity contribution in [1.29, 1.82) is 0 Å². The van der Waals surface area contributed by atoms with Crippen LogP contribution in [0.25, 0.3) is 0 Å². The molecule has 0 saturated carbocycles. The van der Waals surface area contributed by atoms with Crippen molar-refractivity contribution in [2.24, 2.45) is 5.41 Å². The summed E-state index contributed by atoms with van der Waals surface area (Å²) in [6.45, 7) is 6.97. The third-order valence-electron chi connectivity index (χ3n) is 2.88. The van der Waals surface area contributed by atoms with Crippen molar-refractivity contribution in [3.05, 3.63) is 35.4 Å². The van der Waals surface area contributed by atoms with E-state index < -0.39 is 0 Å². The molecule has 0 aliphatic rings. The van der Waals surface area contributed by atoms with Crippen LogP contribution in [0.5, 0.6) is 0 Å². The molecule has 1 aromatic rings. The van der Waals surface area contributed by atoms with Crippen molar-refractivity contribution in [1.82, 2.24) is 0 Å². The summed E-state index contributed by atoms with van der Waals surface area (Å²) in [5.74, 6) is 0. The molecule has 0 heterocycles. The minimum absolute atomic E-state index is 0.151. The third-order valence-corrected chi connectivity index (χ3v) is 2.88. The second-order valence-corrected chi connectivity index (χ2v) is 5.02. The van der Waals surface area contributed by atoms with Crippen LogP contribution in [0.4, 0.5) is 0 Å². The van der Waals surface area contributed by atoms with Crippen molar-refractivity contribution in [2.75, 3.05) is 0 Å². The van der Waals surface area contributed by atoms with Crippen molar-refractivity contribution in [3.63, 3.8) is 0 Å². The zero-order valence-corrected chi connectivity index (χ0v) is 10.1. The number of benzene rings is 1. The lowest BCUT2D eigenvalue weighted by atomic mass is 9.81. The topological polar surface area (TPSA) is 20.2 Å². The van der Waals surface area contributed by atoms with Gasteiger partial charge in [0.2, 0.25) is 0 Å². The van der Waals surface area contributed by atoms with Gasteiger partial charge in [0.05, 0.1) is 6.61 Å². The Hall–Kier alpha value is -0.820. The van der Waals surface area contributed by atoms with Gasteiger partial charge in [0.15, 0.2) is 0 Å². The first-order valence-electron chi connectivity index (χ1n) is 5.76. The molecular weight excluding hydrogens is 184 g/mol. The Labute approximate surface area is 93.1 Å². The van der Waals surface area contributed by atoms with E-state index in [9.17, 15) is 5.11 Å². The summed E-state index contributed by atoms with van der Waals surface area (Å²) in [5, 5.41) is 9.25. The highest BCUT2D eigenvalue weighted by Gasteiger charge is 2.18. The van der Waals surface area contributed by atoms with Gasteiger partial charge in [-0.3, -0.25) is 0 Å². The number of rotatable bonds is 5. The molecule has 0 aliphatic carbocycles. The fourth-order valence-electron chi connectivity index (χ4n) is 2.16. The summed E-state index contributed by atoms with van der Waals surface area (Å²) in [4.78, 5) is 0. The molecule has 0 aromatic heterocycles. The fourth-order valence-corrected chi connectivity index (χ4v) is 2.16. The lowest BCUT2D eigenvalue weighted by Gasteiger charge is -2.25. The van der Waals surface area contributed by atoms with Crippen molar-refractivity contribution < 1.29 is 5.11 Å². The molecule has 0 radical (unpaired) electrons. The molecule has 0 amide bonds. The molecule has 0 unspecified atom stereocenters. The Morgan fingerprint density at radius 2 is 1.73 bits per heavy atom. The molecule has 1 heteroatoms. The predicted octanol–water partition coefficient (Wildman–Crippen LogP) is 3.55. The van der Waals surface area contributed by atoms with Crippen molar-refractivity contribution in [2.45, 2.75) is 46.6 Å². The minimum atomic E-state index is 0.151. The van der Waals surface area contributed by atoms with Gasteiger partial charge in [0, 0.05) is 0 Å². The predicted molar refractivity (Wildman–Crippen MR) is 64.8 cm³/mol. The van der Waals surface area contributed by atoms with E-state index >= 15 is 0 Å². The molecule has 1 aromatic carbocycles. The summed E-state index contributed by atoms with van der Waals surface area (Å²) >= 11 is 0. The normalized spacial score (nSPS) is 11.7. The number of hydrogen-bond donors (Lipinski definition) is 1. The average molecular weight is 206 g/mol. The van der Waals surface area contributed by atoms with Gasteiger partial charge in [-0.2, -0.15) is 0 Å². The van der Waals surface area contributed by atoms with E-state index in [0.717, 1.165) is 12.0 Å². The zero-order valence-electron chi connectivity index (χ0n) is 10.1. The highest BCUT2D eigenvalue weighted by molar-refractivity contribution is 5.27. The van der Waals surface area contributed by atoms with Gasteiger partial charge in [0.25, 0.3) is 0 Å². The first kappa shape index (κ1) is 12.3. The highest BCUT2D eigenvalue weighted by Crippen LogP contribution is 2.28. The molecule has 1 N–H and O–H groups in total. The Morgan fingerprint density at radius 1 is 1.13 bits per heavy atom. The fraction of sp³-hybridized carbons (Fsp3) is 0.571. The standard InChI is InChI=1S/C14H22O/c1-4-9-14(2,3)10-12-7-5-6-8-13(12)11-15/h5-8,15H,4,9-11H2,1-3H3. The molecule has 0 spiro atoms. The maximum atomic E-state index is 9.25. The monoisotopic (exact) mass is 206 g/mol. The molecule has 1 nitrogen and oxygen atoms in total. The molecule has 0 atom stereocenters. The van der Waals surface area contributed by atoms with Crippen LogP contribution < -0.4 is 0 Å². The van der Waals surface area contributed by atoms with Crippen LogP contribution in [0, 0.1) is 5.41 Å². The van der Waals surface area contributed by atoms with Crippen LogP contribution in [-0.4, -0.2) is 5.11 Å². The number of hydrogen-bond acceptors (Lipinski definition) is 1. The van der Waals surface area contributed by atoms with Crippen LogP contribution >= 0.6 is 0 Å². The molecule has 0 saturated heterocycles. The van der Waals surface area contributed by atoms with Crippen LogP contribution in [0.15, 0.2) is 24.3 Å². The van der Waals surface area contributed by atoms with Crippen LogP contribution in [0.2, 0.25) is 0 Å². The quantitative estimate of drug-likeness (QED) is 0.781. The molecule has 84 valence electrons. The summed E-state index contributed by atoms with van der Waals surface area (Å²) < 4.78 is 0. The van der Waals surface area contributed by atoms with Crippen molar-refractivity contribution >= 4 is 0 Å². The lowest BCUT2D eigenvalue weighted by molar-refractivity contribution is 0.276. The lowest BCUT2D eigenvalue weighted by Crippen LogP contribution is -2.15. The maximum Gasteiger partial charge on any atom is 0.0684 e.